The number of carboxylic acid groups (broad SMARTS) is 1. The van der Waals surface area contributed by atoms with E-state index < -0.39 is 5.97 Å². The van der Waals surface area contributed by atoms with Crippen molar-refractivity contribution >= 4 is 5.97 Å². The van der Waals surface area contributed by atoms with E-state index in [4.69, 9.17) is 5.11 Å². The zero-order chi connectivity index (χ0) is 14.6. The van der Waals surface area contributed by atoms with Crippen molar-refractivity contribution in [1.82, 2.24) is 4.90 Å². The van der Waals surface area contributed by atoms with Crippen molar-refractivity contribution in [1.29, 1.82) is 0 Å². The van der Waals surface area contributed by atoms with Gasteiger partial charge in [-0.05, 0) is 52.3 Å². The average molecular weight is 263 g/mol. The average Bonchev–Trinajstić information content (AvgIpc) is 2.28. The Hall–Kier alpha value is -1.35. The van der Waals surface area contributed by atoms with E-state index in [1.54, 1.807) is 0 Å². The monoisotopic (exact) mass is 263 g/mol. The number of carboxylic acids is 1. The maximum Gasteiger partial charge on any atom is 0.305 e. The van der Waals surface area contributed by atoms with E-state index in [1.807, 2.05) is 20.9 Å². The Morgan fingerprint density at radius 3 is 2.53 bits per heavy atom. The first-order chi connectivity index (χ1) is 8.72. The van der Waals surface area contributed by atoms with Crippen LogP contribution in [-0.2, 0) is 11.2 Å². The summed E-state index contributed by atoms with van der Waals surface area (Å²) in [5.74, 6) is -0.747. The van der Waals surface area contributed by atoms with E-state index >= 15 is 0 Å². The number of aryl methyl sites for hydroxylation is 2. The maximum absolute atomic E-state index is 10.9. The second-order valence-electron chi connectivity index (χ2n) is 5.98. The molecule has 0 aliphatic heterocycles. The number of aliphatic carboxylic acids is 1. The van der Waals surface area contributed by atoms with Gasteiger partial charge in [-0.2, -0.15) is 0 Å². The number of carbonyl (C=O) groups is 1. The lowest BCUT2D eigenvalue weighted by Crippen LogP contribution is -2.43. The summed E-state index contributed by atoms with van der Waals surface area (Å²) in [4.78, 5) is 13.0. The minimum Gasteiger partial charge on any atom is -0.481 e. The Morgan fingerprint density at radius 2 is 1.95 bits per heavy atom. The van der Waals surface area contributed by atoms with Crippen molar-refractivity contribution in [3.8, 4) is 0 Å². The van der Waals surface area contributed by atoms with E-state index in [9.17, 15) is 4.79 Å². The Labute approximate surface area is 116 Å². The summed E-state index contributed by atoms with van der Waals surface area (Å²) < 4.78 is 0. The Bertz CT molecular complexity index is 452. The Morgan fingerprint density at radius 1 is 1.32 bits per heavy atom. The topological polar surface area (TPSA) is 40.5 Å². The molecule has 3 heteroatoms. The Balaban J connectivity index is 2.65. The molecule has 1 rings (SSSR count). The molecule has 0 bridgehead atoms. The van der Waals surface area contributed by atoms with Gasteiger partial charge in [-0.15, -0.1) is 0 Å². The molecule has 0 aromatic heterocycles. The molecule has 0 spiro atoms. The minimum atomic E-state index is -0.747. The largest absolute Gasteiger partial charge is 0.481 e. The van der Waals surface area contributed by atoms with Gasteiger partial charge in [0.15, 0.2) is 0 Å². The fourth-order valence-electron chi connectivity index (χ4n) is 2.17. The van der Waals surface area contributed by atoms with E-state index in [2.05, 4.69) is 36.9 Å². The molecule has 0 unspecified atom stereocenters. The normalized spacial score (nSPS) is 11.9. The summed E-state index contributed by atoms with van der Waals surface area (Å²) in [7, 11) is 1.99. The van der Waals surface area contributed by atoms with Gasteiger partial charge >= 0.3 is 5.97 Å². The third kappa shape index (κ3) is 4.67. The van der Waals surface area contributed by atoms with Gasteiger partial charge in [-0.1, -0.05) is 23.8 Å². The van der Waals surface area contributed by atoms with Crippen molar-refractivity contribution in [2.24, 2.45) is 0 Å². The van der Waals surface area contributed by atoms with Crippen molar-refractivity contribution < 1.29 is 9.90 Å². The lowest BCUT2D eigenvalue weighted by atomic mass is 9.97. The van der Waals surface area contributed by atoms with Crippen LogP contribution >= 0.6 is 0 Å². The summed E-state index contributed by atoms with van der Waals surface area (Å²) in [6, 6.07) is 6.48. The molecule has 0 amide bonds. The minimum absolute atomic E-state index is 0.163. The van der Waals surface area contributed by atoms with Crippen LogP contribution in [0.2, 0.25) is 0 Å². The first kappa shape index (κ1) is 15.7. The van der Waals surface area contributed by atoms with Crippen molar-refractivity contribution in [2.75, 3.05) is 13.6 Å². The van der Waals surface area contributed by atoms with Gasteiger partial charge in [0, 0.05) is 12.1 Å². The molecule has 0 aliphatic rings. The smallest absolute Gasteiger partial charge is 0.305 e. The standard InChI is InChI=1S/C16H25NO2/c1-12-6-7-13(2)14(10-12)8-9-17(5)16(3,4)11-15(18)19/h6-7,10H,8-9,11H2,1-5H3,(H,18,19). The SMILES string of the molecule is Cc1ccc(C)c(CCN(C)C(C)(C)CC(=O)O)c1. The number of hydrogen-bond acceptors (Lipinski definition) is 2. The number of likely N-dealkylation sites (N-methyl/N-ethyl adjacent to an activating group) is 1. The highest BCUT2D eigenvalue weighted by Crippen LogP contribution is 2.18. The van der Waals surface area contributed by atoms with E-state index in [0.29, 0.717) is 0 Å². The van der Waals surface area contributed by atoms with Gasteiger partial charge in [0.1, 0.15) is 0 Å². The molecule has 0 fully saturated rings. The fourth-order valence-corrected chi connectivity index (χ4v) is 2.17. The Kier molecular flexibility index (Phi) is 5.12. The molecule has 19 heavy (non-hydrogen) atoms. The zero-order valence-electron chi connectivity index (χ0n) is 12.7. The molecule has 106 valence electrons. The molecular formula is C16H25NO2. The highest BCUT2D eigenvalue weighted by atomic mass is 16.4. The van der Waals surface area contributed by atoms with Gasteiger partial charge in [0.05, 0.1) is 6.42 Å². The lowest BCUT2D eigenvalue weighted by molar-refractivity contribution is -0.139. The van der Waals surface area contributed by atoms with E-state index in [0.717, 1.165) is 13.0 Å². The molecule has 0 atom stereocenters. The highest BCUT2D eigenvalue weighted by molar-refractivity contribution is 5.68. The molecule has 0 saturated carbocycles. The van der Waals surface area contributed by atoms with Crippen LogP contribution in [0, 0.1) is 13.8 Å². The molecule has 0 heterocycles. The molecule has 3 nitrogen and oxygen atoms in total. The number of benzene rings is 1. The van der Waals surface area contributed by atoms with Crippen LogP contribution in [0.3, 0.4) is 0 Å². The van der Waals surface area contributed by atoms with Gasteiger partial charge in [0.2, 0.25) is 0 Å². The van der Waals surface area contributed by atoms with E-state index in [1.165, 1.54) is 16.7 Å². The molecule has 1 aromatic carbocycles. The van der Waals surface area contributed by atoms with Crippen molar-refractivity contribution in [2.45, 2.75) is 46.1 Å². The van der Waals surface area contributed by atoms with Gasteiger partial charge < -0.3 is 10.0 Å². The molecule has 0 saturated heterocycles. The fraction of sp³-hybridized carbons (Fsp3) is 0.562. The summed E-state index contributed by atoms with van der Waals surface area (Å²) in [6.45, 7) is 9.04. The van der Waals surface area contributed by atoms with Crippen LogP contribution in [0.4, 0.5) is 0 Å². The number of rotatable bonds is 6. The zero-order valence-corrected chi connectivity index (χ0v) is 12.7. The van der Waals surface area contributed by atoms with Crippen LogP contribution in [-0.4, -0.2) is 35.1 Å². The third-order valence-electron chi connectivity index (χ3n) is 3.84. The number of hydrogen-bond donors (Lipinski definition) is 1. The first-order valence-corrected chi connectivity index (χ1v) is 6.71. The van der Waals surface area contributed by atoms with E-state index in [-0.39, 0.29) is 12.0 Å². The summed E-state index contributed by atoms with van der Waals surface area (Å²) in [5, 5.41) is 8.94. The molecular weight excluding hydrogens is 238 g/mol. The van der Waals surface area contributed by atoms with Crippen LogP contribution in [0.5, 0.6) is 0 Å². The molecule has 0 radical (unpaired) electrons. The lowest BCUT2D eigenvalue weighted by Gasteiger charge is -2.34. The molecule has 1 N–H and O–H groups in total. The van der Waals surface area contributed by atoms with Crippen LogP contribution in [0.1, 0.15) is 37.0 Å². The summed E-state index contributed by atoms with van der Waals surface area (Å²) >= 11 is 0. The highest BCUT2D eigenvalue weighted by Gasteiger charge is 2.26. The van der Waals surface area contributed by atoms with Crippen molar-refractivity contribution in [3.05, 3.63) is 34.9 Å². The third-order valence-corrected chi connectivity index (χ3v) is 3.84. The first-order valence-electron chi connectivity index (χ1n) is 6.71. The predicted octanol–water partition coefficient (Wildman–Crippen LogP) is 3.03. The summed E-state index contributed by atoms with van der Waals surface area (Å²) in [5.41, 5.74) is 3.60. The van der Waals surface area contributed by atoms with Gasteiger partial charge in [0.25, 0.3) is 0 Å². The second kappa shape index (κ2) is 6.20. The maximum atomic E-state index is 10.9. The predicted molar refractivity (Wildman–Crippen MR) is 78.6 cm³/mol. The molecule has 1 aromatic rings. The van der Waals surface area contributed by atoms with Crippen molar-refractivity contribution in [3.63, 3.8) is 0 Å². The van der Waals surface area contributed by atoms with Crippen LogP contribution in [0.25, 0.3) is 0 Å². The number of nitrogens with zero attached hydrogens (tertiary/aromatic N) is 1. The van der Waals surface area contributed by atoms with Crippen LogP contribution < -0.4 is 0 Å². The second-order valence-corrected chi connectivity index (χ2v) is 5.98. The summed E-state index contributed by atoms with van der Waals surface area (Å²) in [6.07, 6.45) is 1.11. The van der Waals surface area contributed by atoms with Crippen LogP contribution in [0.15, 0.2) is 18.2 Å². The van der Waals surface area contributed by atoms with Gasteiger partial charge in [-0.25, -0.2) is 0 Å². The molecule has 0 aliphatic carbocycles. The van der Waals surface area contributed by atoms with Gasteiger partial charge in [-0.3, -0.25) is 4.79 Å². The quantitative estimate of drug-likeness (QED) is 0.857.